The summed E-state index contributed by atoms with van der Waals surface area (Å²) in [4.78, 5) is 13.4. The molecule has 0 aromatic heterocycles. The number of carbonyl (C=O) groups excluding carboxylic acids is 1. The van der Waals surface area contributed by atoms with Gasteiger partial charge < -0.3 is 9.64 Å². The average Bonchev–Trinajstić information content (AvgIpc) is 2.38. The first-order chi connectivity index (χ1) is 9.08. The number of halogens is 2. The number of alkyl halides is 2. The molecule has 0 fully saturated rings. The molecule has 4 nitrogen and oxygen atoms in total. The fourth-order valence-electron chi connectivity index (χ4n) is 1.57. The Bertz CT molecular complexity index is 455. The smallest absolute Gasteiger partial charge is 0.387 e. The highest BCUT2D eigenvalue weighted by Crippen LogP contribution is 2.16. The molecule has 0 aliphatic rings. The minimum Gasteiger partial charge on any atom is -0.435 e. The Balaban J connectivity index is 2.78. The zero-order valence-corrected chi connectivity index (χ0v) is 10.5. The second-order valence-electron chi connectivity index (χ2n) is 3.79. The third-order valence-electron chi connectivity index (χ3n) is 2.37. The van der Waals surface area contributed by atoms with Crippen LogP contribution in [0.2, 0.25) is 0 Å². The fraction of sp³-hybridized carbons (Fsp3) is 0.385. The van der Waals surface area contributed by atoms with Crippen molar-refractivity contribution in [3.63, 3.8) is 0 Å². The molecule has 0 atom stereocenters. The van der Waals surface area contributed by atoms with Crippen molar-refractivity contribution in [3.05, 3.63) is 29.8 Å². The van der Waals surface area contributed by atoms with Crippen LogP contribution in [0, 0.1) is 11.3 Å². The summed E-state index contributed by atoms with van der Waals surface area (Å²) in [5.41, 5.74) is 0.338. The van der Waals surface area contributed by atoms with E-state index in [1.165, 1.54) is 29.2 Å². The van der Waals surface area contributed by atoms with Crippen LogP contribution in [0.25, 0.3) is 0 Å². The van der Waals surface area contributed by atoms with Crippen LogP contribution in [0.5, 0.6) is 5.75 Å². The van der Waals surface area contributed by atoms with Gasteiger partial charge in [0.1, 0.15) is 12.3 Å². The zero-order chi connectivity index (χ0) is 14.3. The van der Waals surface area contributed by atoms with Crippen LogP contribution in [-0.4, -0.2) is 30.5 Å². The van der Waals surface area contributed by atoms with Gasteiger partial charge in [-0.25, -0.2) is 0 Å². The molecular weight excluding hydrogens is 254 g/mol. The minimum atomic E-state index is -2.89. The van der Waals surface area contributed by atoms with Crippen molar-refractivity contribution in [1.82, 2.24) is 4.90 Å². The van der Waals surface area contributed by atoms with E-state index in [2.05, 4.69) is 4.74 Å². The highest BCUT2D eigenvalue weighted by Gasteiger charge is 2.14. The maximum atomic E-state index is 12.0. The van der Waals surface area contributed by atoms with Crippen molar-refractivity contribution in [1.29, 1.82) is 5.26 Å². The Morgan fingerprint density at radius 1 is 1.42 bits per heavy atom. The van der Waals surface area contributed by atoms with Crippen LogP contribution in [0.15, 0.2) is 24.3 Å². The number of nitrogens with zero attached hydrogens (tertiary/aromatic N) is 2. The molecule has 102 valence electrons. The molecule has 0 bridgehead atoms. The van der Waals surface area contributed by atoms with Crippen LogP contribution < -0.4 is 4.74 Å². The summed E-state index contributed by atoms with van der Waals surface area (Å²) in [5.74, 6) is -0.305. The molecule has 0 saturated heterocycles. The topological polar surface area (TPSA) is 53.3 Å². The molecule has 1 rings (SSSR count). The number of amides is 1. The van der Waals surface area contributed by atoms with Gasteiger partial charge >= 0.3 is 6.61 Å². The Morgan fingerprint density at radius 2 is 2.05 bits per heavy atom. The van der Waals surface area contributed by atoms with Crippen molar-refractivity contribution < 1.29 is 18.3 Å². The largest absolute Gasteiger partial charge is 0.435 e. The van der Waals surface area contributed by atoms with E-state index < -0.39 is 6.61 Å². The maximum absolute atomic E-state index is 12.0. The van der Waals surface area contributed by atoms with Gasteiger partial charge in [0.2, 0.25) is 0 Å². The summed E-state index contributed by atoms with van der Waals surface area (Å²) in [6, 6.07) is 7.33. The van der Waals surface area contributed by atoms with Crippen molar-refractivity contribution in [2.24, 2.45) is 0 Å². The van der Waals surface area contributed by atoms with E-state index in [9.17, 15) is 13.6 Å². The molecule has 0 radical (unpaired) electrons. The normalized spacial score (nSPS) is 10.1. The van der Waals surface area contributed by atoms with Gasteiger partial charge in [0.05, 0.1) is 6.07 Å². The van der Waals surface area contributed by atoms with Crippen LogP contribution in [0.1, 0.15) is 23.7 Å². The summed E-state index contributed by atoms with van der Waals surface area (Å²) < 4.78 is 28.1. The maximum Gasteiger partial charge on any atom is 0.387 e. The highest BCUT2D eigenvalue weighted by atomic mass is 19.3. The molecule has 0 heterocycles. The third-order valence-corrected chi connectivity index (χ3v) is 2.37. The van der Waals surface area contributed by atoms with E-state index in [1.54, 1.807) is 0 Å². The second-order valence-corrected chi connectivity index (χ2v) is 3.79. The molecule has 19 heavy (non-hydrogen) atoms. The number of benzene rings is 1. The standard InChI is InChI=1S/C13H14F2N2O2/c1-2-8-17(9-7-16)12(18)10-3-5-11(6-4-10)19-13(14)15/h3-6,13H,2,8-9H2,1H3. The molecular formula is C13H14F2N2O2. The highest BCUT2D eigenvalue weighted by molar-refractivity contribution is 5.94. The third kappa shape index (κ3) is 4.54. The molecule has 0 unspecified atom stereocenters. The lowest BCUT2D eigenvalue weighted by Crippen LogP contribution is -2.32. The summed E-state index contributed by atoms with van der Waals surface area (Å²) in [6.45, 7) is -0.516. The number of carbonyl (C=O) groups is 1. The summed E-state index contributed by atoms with van der Waals surface area (Å²) in [5, 5.41) is 8.66. The van der Waals surface area contributed by atoms with Crippen LogP contribution >= 0.6 is 0 Å². The molecule has 0 N–H and O–H groups in total. The predicted molar refractivity (Wildman–Crippen MR) is 64.9 cm³/mol. The number of ether oxygens (including phenoxy) is 1. The second kappa shape index (κ2) is 7.31. The first-order valence-electron chi connectivity index (χ1n) is 5.79. The van der Waals surface area contributed by atoms with Gasteiger partial charge in [-0.1, -0.05) is 6.92 Å². The SMILES string of the molecule is CCCN(CC#N)C(=O)c1ccc(OC(F)F)cc1. The van der Waals surface area contributed by atoms with Gasteiger partial charge in [0.25, 0.3) is 5.91 Å². The molecule has 0 aliphatic heterocycles. The van der Waals surface area contributed by atoms with E-state index in [4.69, 9.17) is 5.26 Å². The Hall–Kier alpha value is -2.16. The lowest BCUT2D eigenvalue weighted by molar-refractivity contribution is -0.0498. The molecule has 1 aromatic carbocycles. The molecule has 1 amide bonds. The van der Waals surface area contributed by atoms with Crippen molar-refractivity contribution in [2.75, 3.05) is 13.1 Å². The van der Waals surface area contributed by atoms with Gasteiger partial charge in [-0.05, 0) is 30.7 Å². The van der Waals surface area contributed by atoms with Gasteiger partial charge in [-0.3, -0.25) is 4.79 Å². The monoisotopic (exact) mass is 268 g/mol. The molecule has 1 aromatic rings. The lowest BCUT2D eigenvalue weighted by Gasteiger charge is -2.18. The van der Waals surface area contributed by atoms with Crippen LogP contribution in [0.4, 0.5) is 8.78 Å². The van der Waals surface area contributed by atoms with Gasteiger partial charge in [-0.2, -0.15) is 14.0 Å². The minimum absolute atomic E-state index is 0.00194. The summed E-state index contributed by atoms with van der Waals surface area (Å²) >= 11 is 0. The number of nitriles is 1. The Labute approximate surface area is 110 Å². The van der Waals surface area contributed by atoms with E-state index in [1.807, 2.05) is 13.0 Å². The molecule has 0 aliphatic carbocycles. The van der Waals surface area contributed by atoms with Gasteiger partial charge in [0, 0.05) is 12.1 Å². The van der Waals surface area contributed by atoms with Crippen molar-refractivity contribution in [2.45, 2.75) is 20.0 Å². The Morgan fingerprint density at radius 3 is 2.53 bits per heavy atom. The lowest BCUT2D eigenvalue weighted by atomic mass is 10.2. The fourth-order valence-corrected chi connectivity index (χ4v) is 1.57. The first-order valence-corrected chi connectivity index (χ1v) is 5.79. The number of rotatable bonds is 6. The van der Waals surface area contributed by atoms with E-state index in [0.29, 0.717) is 12.1 Å². The van der Waals surface area contributed by atoms with E-state index >= 15 is 0 Å². The number of hydrogen-bond acceptors (Lipinski definition) is 3. The Kier molecular flexibility index (Phi) is 5.73. The van der Waals surface area contributed by atoms with Gasteiger partial charge in [-0.15, -0.1) is 0 Å². The molecule has 0 spiro atoms. The quantitative estimate of drug-likeness (QED) is 0.745. The van der Waals surface area contributed by atoms with E-state index in [0.717, 1.165) is 6.42 Å². The van der Waals surface area contributed by atoms with Crippen LogP contribution in [0.3, 0.4) is 0 Å². The van der Waals surface area contributed by atoms with E-state index in [-0.39, 0.29) is 18.2 Å². The first kappa shape index (κ1) is 14.9. The molecule has 0 saturated carbocycles. The predicted octanol–water partition coefficient (Wildman–Crippen LogP) is 2.66. The summed E-state index contributed by atoms with van der Waals surface area (Å²) in [7, 11) is 0. The van der Waals surface area contributed by atoms with Crippen molar-refractivity contribution >= 4 is 5.91 Å². The summed E-state index contributed by atoms with van der Waals surface area (Å²) in [6.07, 6.45) is 0.736. The van der Waals surface area contributed by atoms with Gasteiger partial charge in [0.15, 0.2) is 0 Å². The average molecular weight is 268 g/mol. The van der Waals surface area contributed by atoms with Crippen molar-refractivity contribution in [3.8, 4) is 11.8 Å². The molecule has 6 heteroatoms. The number of hydrogen-bond donors (Lipinski definition) is 0. The van der Waals surface area contributed by atoms with Crippen LogP contribution in [-0.2, 0) is 0 Å². The zero-order valence-electron chi connectivity index (χ0n) is 10.5.